The Balaban J connectivity index is 1.65. The van der Waals surface area contributed by atoms with Crippen LogP contribution >= 0.6 is 0 Å². The Labute approximate surface area is 183 Å². The Kier molecular flexibility index (Phi) is 5.43. The first-order valence-electron chi connectivity index (χ1n) is 9.70. The maximum atomic E-state index is 14.4. The zero-order chi connectivity index (χ0) is 23.0. The number of benzene rings is 2. The van der Waals surface area contributed by atoms with Crippen LogP contribution in [0.15, 0.2) is 53.6 Å². The lowest BCUT2D eigenvalue weighted by Gasteiger charge is -2.29. The maximum absolute atomic E-state index is 14.4. The number of hydrogen-bond donors (Lipinski definition) is 2. The van der Waals surface area contributed by atoms with Gasteiger partial charge in [-0.05, 0) is 54.4 Å². The summed E-state index contributed by atoms with van der Waals surface area (Å²) in [4.78, 5) is 24.8. The van der Waals surface area contributed by atoms with Gasteiger partial charge in [-0.15, -0.1) is 0 Å². The number of nitrogens with one attached hydrogen (secondary N) is 1. The zero-order valence-corrected chi connectivity index (χ0v) is 17.9. The van der Waals surface area contributed by atoms with Crippen LogP contribution in [0.3, 0.4) is 0 Å². The second kappa shape index (κ2) is 8.08. The van der Waals surface area contributed by atoms with Crippen LogP contribution in [-0.4, -0.2) is 43.0 Å². The third-order valence-electron chi connectivity index (χ3n) is 5.37. The Morgan fingerprint density at radius 1 is 1.16 bits per heavy atom. The van der Waals surface area contributed by atoms with Crippen LogP contribution in [0.5, 0.6) is 0 Å². The van der Waals surface area contributed by atoms with Crippen molar-refractivity contribution in [1.29, 1.82) is 0 Å². The van der Waals surface area contributed by atoms with Gasteiger partial charge in [0.15, 0.2) is 0 Å². The number of carbonyl (C=O) groups excluding carboxylic acids is 2. The SMILES string of the molecule is CNC(=O)c1ccc(N2CCc3cnn(S(=O)(=O)c4ccc(C(N)=O)cc4)c3C2)cc1F. The van der Waals surface area contributed by atoms with E-state index in [1.807, 2.05) is 4.90 Å². The van der Waals surface area contributed by atoms with Crippen molar-refractivity contribution in [1.82, 2.24) is 14.5 Å². The van der Waals surface area contributed by atoms with Gasteiger partial charge in [-0.3, -0.25) is 9.59 Å². The van der Waals surface area contributed by atoms with E-state index in [2.05, 4.69) is 10.4 Å². The van der Waals surface area contributed by atoms with Crippen LogP contribution in [-0.2, 0) is 23.0 Å². The molecule has 0 atom stereocenters. The molecule has 2 heterocycles. The number of halogens is 1. The van der Waals surface area contributed by atoms with Gasteiger partial charge < -0.3 is 16.0 Å². The summed E-state index contributed by atoms with van der Waals surface area (Å²) in [5.41, 5.74) is 7.11. The summed E-state index contributed by atoms with van der Waals surface area (Å²) in [5, 5.41) is 6.46. The van der Waals surface area contributed by atoms with Gasteiger partial charge in [0, 0.05) is 24.8 Å². The van der Waals surface area contributed by atoms with Gasteiger partial charge in [0.25, 0.3) is 15.9 Å². The van der Waals surface area contributed by atoms with E-state index in [1.54, 1.807) is 6.07 Å². The molecule has 1 aliphatic heterocycles. The van der Waals surface area contributed by atoms with Crippen molar-refractivity contribution < 1.29 is 22.4 Å². The molecule has 3 aromatic rings. The first kappa shape index (κ1) is 21.5. The standard InChI is InChI=1S/C21H20FN5O4S/c1-24-21(29)17-7-4-15(10-18(17)22)26-9-8-14-11-25-27(19(14)12-26)32(30,31)16-5-2-13(3-6-16)20(23)28/h2-7,10-11H,8-9,12H2,1H3,(H2,23,28)(H,24,29). The summed E-state index contributed by atoms with van der Waals surface area (Å²) < 4.78 is 41.7. The Morgan fingerprint density at radius 3 is 2.50 bits per heavy atom. The largest absolute Gasteiger partial charge is 0.366 e. The highest BCUT2D eigenvalue weighted by Crippen LogP contribution is 2.28. The molecule has 0 saturated heterocycles. The number of fused-ring (bicyclic) bond motifs is 1. The second-order valence-corrected chi connectivity index (χ2v) is 9.04. The molecule has 4 rings (SSSR count). The zero-order valence-electron chi connectivity index (χ0n) is 17.1. The van der Waals surface area contributed by atoms with Crippen LogP contribution in [0.4, 0.5) is 10.1 Å². The van der Waals surface area contributed by atoms with Crippen LogP contribution in [0.25, 0.3) is 0 Å². The number of carbonyl (C=O) groups is 2. The van der Waals surface area contributed by atoms with E-state index in [9.17, 15) is 22.4 Å². The predicted octanol–water partition coefficient (Wildman–Crippen LogP) is 1.28. The predicted molar refractivity (Wildman–Crippen MR) is 114 cm³/mol. The highest BCUT2D eigenvalue weighted by Gasteiger charge is 2.28. The molecule has 0 aliphatic carbocycles. The molecule has 0 spiro atoms. The third kappa shape index (κ3) is 3.71. The van der Waals surface area contributed by atoms with Crippen molar-refractivity contribution in [3.05, 3.63) is 76.9 Å². The summed E-state index contributed by atoms with van der Waals surface area (Å²) in [6, 6.07) is 9.56. The lowest BCUT2D eigenvalue weighted by Crippen LogP contribution is -2.33. The van der Waals surface area contributed by atoms with E-state index in [4.69, 9.17) is 5.73 Å². The molecule has 32 heavy (non-hydrogen) atoms. The molecule has 0 fully saturated rings. The molecular formula is C21H20FN5O4S. The lowest BCUT2D eigenvalue weighted by atomic mass is 10.1. The minimum atomic E-state index is -4.01. The van der Waals surface area contributed by atoms with E-state index < -0.39 is 27.7 Å². The summed E-state index contributed by atoms with van der Waals surface area (Å²) in [7, 11) is -2.59. The molecule has 11 heteroatoms. The van der Waals surface area contributed by atoms with Crippen molar-refractivity contribution in [2.45, 2.75) is 17.9 Å². The van der Waals surface area contributed by atoms with Gasteiger partial charge in [-0.25, -0.2) is 4.39 Å². The first-order chi connectivity index (χ1) is 15.2. The molecule has 0 bridgehead atoms. The van der Waals surface area contributed by atoms with Crippen molar-refractivity contribution >= 4 is 27.5 Å². The summed E-state index contributed by atoms with van der Waals surface area (Å²) >= 11 is 0. The summed E-state index contributed by atoms with van der Waals surface area (Å²) in [6.45, 7) is 0.720. The lowest BCUT2D eigenvalue weighted by molar-refractivity contribution is 0.0957. The van der Waals surface area contributed by atoms with Crippen LogP contribution in [0.2, 0.25) is 0 Å². The number of rotatable bonds is 5. The van der Waals surface area contributed by atoms with Crippen molar-refractivity contribution in [2.24, 2.45) is 5.73 Å². The number of anilines is 1. The van der Waals surface area contributed by atoms with E-state index >= 15 is 0 Å². The Bertz CT molecular complexity index is 1320. The quantitative estimate of drug-likeness (QED) is 0.594. The maximum Gasteiger partial charge on any atom is 0.283 e. The highest BCUT2D eigenvalue weighted by molar-refractivity contribution is 7.89. The number of amides is 2. The van der Waals surface area contributed by atoms with Crippen LogP contribution < -0.4 is 16.0 Å². The second-order valence-electron chi connectivity index (χ2n) is 7.27. The minimum absolute atomic E-state index is 0.0356. The highest BCUT2D eigenvalue weighted by atomic mass is 32.2. The molecule has 166 valence electrons. The third-order valence-corrected chi connectivity index (χ3v) is 7.00. The van der Waals surface area contributed by atoms with Crippen molar-refractivity contribution in [3.63, 3.8) is 0 Å². The number of hydrogen-bond acceptors (Lipinski definition) is 6. The van der Waals surface area contributed by atoms with Gasteiger partial charge in [-0.1, -0.05) is 0 Å². The number of nitrogens with two attached hydrogens (primary N) is 1. The molecule has 0 saturated carbocycles. The topological polar surface area (TPSA) is 127 Å². The van der Waals surface area contributed by atoms with Crippen LogP contribution in [0, 0.1) is 5.82 Å². The molecule has 1 aliphatic rings. The van der Waals surface area contributed by atoms with Gasteiger partial charge >= 0.3 is 0 Å². The summed E-state index contributed by atoms with van der Waals surface area (Å²) in [6.07, 6.45) is 2.03. The fraction of sp³-hybridized carbons (Fsp3) is 0.190. The molecule has 3 N–H and O–H groups in total. The van der Waals surface area contributed by atoms with Gasteiger partial charge in [0.2, 0.25) is 5.91 Å². The molecule has 2 amide bonds. The van der Waals surface area contributed by atoms with Crippen molar-refractivity contribution in [3.8, 4) is 0 Å². The number of aromatic nitrogens is 2. The number of primary amides is 1. The van der Waals surface area contributed by atoms with Crippen LogP contribution in [0.1, 0.15) is 32.0 Å². The molecule has 0 radical (unpaired) electrons. The summed E-state index contributed by atoms with van der Waals surface area (Å²) in [5.74, 6) is -1.85. The van der Waals surface area contributed by atoms with E-state index in [0.29, 0.717) is 24.3 Å². The molecule has 2 aromatic carbocycles. The smallest absolute Gasteiger partial charge is 0.283 e. The van der Waals surface area contributed by atoms with E-state index in [1.165, 1.54) is 49.6 Å². The van der Waals surface area contributed by atoms with E-state index in [-0.39, 0.29) is 22.6 Å². The van der Waals surface area contributed by atoms with Crippen molar-refractivity contribution in [2.75, 3.05) is 18.5 Å². The van der Waals surface area contributed by atoms with Gasteiger partial charge in [0.1, 0.15) is 5.82 Å². The number of nitrogens with zero attached hydrogens (tertiary/aromatic N) is 3. The van der Waals surface area contributed by atoms with E-state index in [0.717, 1.165) is 9.65 Å². The fourth-order valence-electron chi connectivity index (χ4n) is 3.61. The Morgan fingerprint density at radius 2 is 1.88 bits per heavy atom. The molecule has 9 nitrogen and oxygen atoms in total. The Hall–Kier alpha value is -3.73. The average molecular weight is 457 g/mol. The molecule has 1 aromatic heterocycles. The fourth-order valence-corrected chi connectivity index (χ4v) is 4.93. The average Bonchev–Trinajstić information content (AvgIpc) is 3.22. The monoisotopic (exact) mass is 457 g/mol. The minimum Gasteiger partial charge on any atom is -0.366 e. The first-order valence-corrected chi connectivity index (χ1v) is 11.1. The molecule has 0 unspecified atom stereocenters. The van der Waals surface area contributed by atoms with Gasteiger partial charge in [-0.2, -0.15) is 17.6 Å². The van der Waals surface area contributed by atoms with Gasteiger partial charge in [0.05, 0.1) is 28.9 Å². The normalized spacial score (nSPS) is 13.5. The molecular weight excluding hydrogens is 437 g/mol.